The minimum absolute atomic E-state index is 0.0116. The third-order valence-corrected chi connectivity index (χ3v) is 3.48. The van der Waals surface area contributed by atoms with Crippen molar-refractivity contribution < 1.29 is 19.0 Å². The number of carbonyl (C=O) groups is 1. The Morgan fingerprint density at radius 1 is 1.50 bits per heavy atom. The van der Waals surface area contributed by atoms with E-state index in [1.165, 1.54) is 0 Å². The van der Waals surface area contributed by atoms with Gasteiger partial charge in [0.1, 0.15) is 0 Å². The van der Waals surface area contributed by atoms with Gasteiger partial charge in [-0.25, -0.2) is 0 Å². The van der Waals surface area contributed by atoms with E-state index in [4.69, 9.17) is 14.2 Å². The van der Waals surface area contributed by atoms with Crippen molar-refractivity contribution in [1.29, 1.82) is 0 Å². The third kappa shape index (κ3) is 1.86. The fourth-order valence-corrected chi connectivity index (χ4v) is 2.72. The van der Waals surface area contributed by atoms with Crippen LogP contribution in [-0.4, -0.2) is 31.7 Å². The highest BCUT2D eigenvalue weighted by molar-refractivity contribution is 8.25. The van der Waals surface area contributed by atoms with E-state index in [2.05, 4.69) is 0 Å². The molecule has 4 nitrogen and oxygen atoms in total. The Bertz CT molecular complexity index is 148. The molecular weight excluding hydrogens is 156 g/mol. The average molecular weight is 166 g/mol. The molecule has 1 heterocycles. The van der Waals surface area contributed by atoms with Gasteiger partial charge in [0.25, 0.3) is 0 Å². The molecule has 1 aliphatic heterocycles. The minimum atomic E-state index is -2.34. The highest BCUT2D eigenvalue weighted by atomic mass is 32.3. The number of carboxylic acids is 1. The molecule has 1 rings (SSSR count). The van der Waals surface area contributed by atoms with Crippen molar-refractivity contribution in [3.8, 4) is 0 Å². The van der Waals surface area contributed by atoms with E-state index in [0.29, 0.717) is 0 Å². The van der Waals surface area contributed by atoms with Crippen LogP contribution in [0.4, 0.5) is 0 Å². The molecule has 10 heavy (non-hydrogen) atoms. The predicted octanol–water partition coefficient (Wildman–Crippen LogP) is 0.842. The van der Waals surface area contributed by atoms with Crippen LogP contribution in [0.2, 0.25) is 0 Å². The van der Waals surface area contributed by atoms with Gasteiger partial charge in [0.05, 0.1) is 6.42 Å². The van der Waals surface area contributed by atoms with Crippen LogP contribution >= 0.6 is 10.6 Å². The maximum atomic E-state index is 10.1. The van der Waals surface area contributed by atoms with Crippen LogP contribution in [0.5, 0.6) is 0 Å². The molecule has 0 radical (unpaired) electrons. The van der Waals surface area contributed by atoms with Gasteiger partial charge in [-0.2, -0.15) is 10.6 Å². The van der Waals surface area contributed by atoms with Crippen LogP contribution in [0.15, 0.2) is 0 Å². The quantitative estimate of drug-likeness (QED) is 0.568. The molecule has 0 aromatic rings. The number of rotatable bonds is 2. The number of hydrogen-bond donors (Lipinski definition) is 3. The van der Waals surface area contributed by atoms with Crippen LogP contribution in [0.3, 0.4) is 0 Å². The summed E-state index contributed by atoms with van der Waals surface area (Å²) in [5, 5.41) is 8.27. The Kier molecular flexibility index (Phi) is 1.89. The van der Waals surface area contributed by atoms with Gasteiger partial charge < -0.3 is 5.11 Å². The number of carboxylic acid groups (broad SMARTS) is 1. The van der Waals surface area contributed by atoms with Crippen LogP contribution in [0, 0.1) is 5.92 Å². The summed E-state index contributed by atoms with van der Waals surface area (Å²) < 4.78 is 17.7. The Morgan fingerprint density at radius 3 is 2.30 bits per heavy atom. The molecule has 1 fully saturated rings. The summed E-state index contributed by atoms with van der Waals surface area (Å²) in [6.45, 7) is 0. The molecule has 0 amide bonds. The molecular formula is C5H10O4S. The summed E-state index contributed by atoms with van der Waals surface area (Å²) in [7, 11) is -2.34. The Labute approximate surface area is 60.2 Å². The molecule has 0 saturated carbocycles. The number of aliphatic carboxylic acids is 1. The van der Waals surface area contributed by atoms with Gasteiger partial charge in [0, 0.05) is 17.4 Å². The smallest absolute Gasteiger partial charge is 0.303 e. The van der Waals surface area contributed by atoms with Crippen LogP contribution in [0.1, 0.15) is 6.42 Å². The normalized spacial score (nSPS) is 27.0. The fourth-order valence-electron chi connectivity index (χ4n) is 1.07. The van der Waals surface area contributed by atoms with E-state index < -0.39 is 16.6 Å². The lowest BCUT2D eigenvalue weighted by Gasteiger charge is -2.46. The van der Waals surface area contributed by atoms with Gasteiger partial charge in [-0.3, -0.25) is 13.9 Å². The molecule has 0 bridgehead atoms. The first-order chi connectivity index (χ1) is 4.49. The lowest BCUT2D eigenvalue weighted by Crippen LogP contribution is -2.33. The second-order valence-electron chi connectivity index (χ2n) is 2.60. The number of hydrogen-bond acceptors (Lipinski definition) is 3. The van der Waals surface area contributed by atoms with Crippen molar-refractivity contribution in [2.75, 3.05) is 11.5 Å². The van der Waals surface area contributed by atoms with Crippen molar-refractivity contribution in [3.05, 3.63) is 0 Å². The van der Waals surface area contributed by atoms with Gasteiger partial charge in [-0.1, -0.05) is 0 Å². The van der Waals surface area contributed by atoms with Crippen molar-refractivity contribution >= 4 is 16.6 Å². The SMILES string of the molecule is O=C(O)CC1CS(O)(O)C1. The molecule has 0 atom stereocenters. The van der Waals surface area contributed by atoms with E-state index >= 15 is 0 Å². The average Bonchev–Trinajstić information content (AvgIpc) is 1.57. The van der Waals surface area contributed by atoms with E-state index in [1.807, 2.05) is 0 Å². The lowest BCUT2D eigenvalue weighted by molar-refractivity contribution is -0.137. The second kappa shape index (κ2) is 2.41. The maximum absolute atomic E-state index is 10.1. The highest BCUT2D eigenvalue weighted by Crippen LogP contribution is 2.52. The summed E-state index contributed by atoms with van der Waals surface area (Å²) in [6, 6.07) is 0. The third-order valence-electron chi connectivity index (χ3n) is 1.47. The first-order valence-corrected chi connectivity index (χ1v) is 4.83. The summed E-state index contributed by atoms with van der Waals surface area (Å²) in [4.78, 5) is 10.1. The van der Waals surface area contributed by atoms with Crippen molar-refractivity contribution in [3.63, 3.8) is 0 Å². The largest absolute Gasteiger partial charge is 0.481 e. The van der Waals surface area contributed by atoms with Gasteiger partial charge in [0.15, 0.2) is 0 Å². The molecule has 1 saturated heterocycles. The Morgan fingerprint density at radius 2 is 2.00 bits per heavy atom. The zero-order valence-electron chi connectivity index (χ0n) is 5.36. The summed E-state index contributed by atoms with van der Waals surface area (Å²) >= 11 is 0. The molecule has 5 heteroatoms. The van der Waals surface area contributed by atoms with E-state index in [-0.39, 0.29) is 23.8 Å². The van der Waals surface area contributed by atoms with Crippen molar-refractivity contribution in [1.82, 2.24) is 0 Å². The second-order valence-corrected chi connectivity index (χ2v) is 4.87. The first-order valence-electron chi connectivity index (χ1n) is 2.95. The lowest BCUT2D eigenvalue weighted by atomic mass is 10.1. The zero-order valence-corrected chi connectivity index (χ0v) is 6.17. The standard InChI is InChI=1S/C5H10O4S/c6-5(7)1-4-2-10(8,9)3-4/h4,8-9H,1-3H2,(H,6,7). The van der Waals surface area contributed by atoms with Crippen molar-refractivity contribution in [2.24, 2.45) is 5.92 Å². The van der Waals surface area contributed by atoms with Gasteiger partial charge in [0.2, 0.25) is 0 Å². The topological polar surface area (TPSA) is 77.8 Å². The molecule has 0 aromatic heterocycles. The van der Waals surface area contributed by atoms with E-state index in [0.717, 1.165) is 0 Å². The van der Waals surface area contributed by atoms with Crippen molar-refractivity contribution in [2.45, 2.75) is 6.42 Å². The molecule has 0 aliphatic carbocycles. The van der Waals surface area contributed by atoms with E-state index in [9.17, 15) is 4.79 Å². The fraction of sp³-hybridized carbons (Fsp3) is 0.800. The Balaban J connectivity index is 2.21. The van der Waals surface area contributed by atoms with Crippen LogP contribution < -0.4 is 0 Å². The predicted molar refractivity (Wildman–Crippen MR) is 38.3 cm³/mol. The molecule has 0 aromatic carbocycles. The molecule has 1 aliphatic rings. The molecule has 3 N–H and O–H groups in total. The summed E-state index contributed by atoms with van der Waals surface area (Å²) in [5.74, 6) is -0.319. The maximum Gasteiger partial charge on any atom is 0.303 e. The molecule has 0 unspecified atom stereocenters. The first kappa shape index (κ1) is 7.84. The van der Waals surface area contributed by atoms with Gasteiger partial charge >= 0.3 is 5.97 Å². The van der Waals surface area contributed by atoms with Gasteiger partial charge in [-0.05, 0) is 0 Å². The Hall–Kier alpha value is -0.260. The van der Waals surface area contributed by atoms with E-state index in [1.54, 1.807) is 0 Å². The highest BCUT2D eigenvalue weighted by Gasteiger charge is 2.34. The van der Waals surface area contributed by atoms with Crippen LogP contribution in [0.25, 0.3) is 0 Å². The molecule has 0 spiro atoms. The zero-order chi connectivity index (χ0) is 7.78. The summed E-state index contributed by atoms with van der Waals surface area (Å²) in [6.07, 6.45) is 0.0653. The monoisotopic (exact) mass is 166 g/mol. The summed E-state index contributed by atoms with van der Waals surface area (Å²) in [5.41, 5.74) is 0. The van der Waals surface area contributed by atoms with Gasteiger partial charge in [-0.15, -0.1) is 0 Å². The van der Waals surface area contributed by atoms with Crippen LogP contribution in [-0.2, 0) is 4.79 Å². The minimum Gasteiger partial charge on any atom is -0.481 e. The molecule has 60 valence electrons.